The fourth-order valence-corrected chi connectivity index (χ4v) is 1.61. The molecule has 15 heavy (non-hydrogen) atoms. The highest BCUT2D eigenvalue weighted by atomic mass is 32.1. The zero-order valence-electron chi connectivity index (χ0n) is 7.85. The van der Waals surface area contributed by atoms with Gasteiger partial charge < -0.3 is 15.5 Å². The Bertz CT molecular complexity index is 406. The van der Waals surface area contributed by atoms with Crippen LogP contribution >= 0.6 is 11.3 Å². The van der Waals surface area contributed by atoms with Crippen molar-refractivity contribution in [2.75, 3.05) is 5.32 Å². The van der Waals surface area contributed by atoms with Crippen molar-refractivity contribution in [3.05, 3.63) is 28.8 Å². The Morgan fingerprint density at radius 1 is 1.33 bits per heavy atom. The lowest BCUT2D eigenvalue weighted by atomic mass is 10.3. The van der Waals surface area contributed by atoms with Gasteiger partial charge in [-0.15, -0.1) is 11.3 Å². The first kappa shape index (κ1) is 11.3. The third kappa shape index (κ3) is 3.10. The molecule has 0 amide bonds. The highest BCUT2D eigenvalue weighted by molar-refractivity contribution is 7.16. The molecule has 1 aromatic rings. The molecular weight excluding hydrogens is 218 g/mol. The predicted molar refractivity (Wildman–Crippen MR) is 56.0 cm³/mol. The van der Waals surface area contributed by atoms with Crippen LogP contribution in [0.4, 0.5) is 5.00 Å². The summed E-state index contributed by atoms with van der Waals surface area (Å²) in [4.78, 5) is 22.0. The molecule has 0 aromatic carbocycles. The highest BCUT2D eigenvalue weighted by Crippen LogP contribution is 2.20. The second-order valence-corrected chi connectivity index (χ2v) is 4.01. The van der Waals surface area contributed by atoms with E-state index in [-0.39, 0.29) is 0 Å². The molecule has 80 valence electrons. The minimum atomic E-state index is -1.47. The number of thiophene rings is 1. The summed E-state index contributed by atoms with van der Waals surface area (Å²) in [5.41, 5.74) is -0.693. The Balaban J connectivity index is 2.78. The average molecular weight is 227 g/mol. The van der Waals surface area contributed by atoms with E-state index < -0.39 is 17.5 Å². The minimum absolute atomic E-state index is 0.693. The van der Waals surface area contributed by atoms with Crippen LogP contribution in [0.1, 0.15) is 4.88 Å². The van der Waals surface area contributed by atoms with Gasteiger partial charge in [0.05, 0.1) is 5.00 Å². The van der Waals surface area contributed by atoms with Crippen molar-refractivity contribution >= 4 is 28.3 Å². The van der Waals surface area contributed by atoms with Gasteiger partial charge in [0.2, 0.25) is 0 Å². The first-order chi connectivity index (χ1) is 7.00. The van der Waals surface area contributed by atoms with E-state index in [9.17, 15) is 9.59 Å². The standard InChI is InChI=1S/C9H9NO4S/c1-5-2-3-7(15-5)10-4-6(8(11)12)9(13)14/h2-4,10H,1H3,(H,11,12)(H,13,14). The maximum absolute atomic E-state index is 10.5. The molecule has 0 aliphatic heterocycles. The SMILES string of the molecule is Cc1ccc(NC=C(C(=O)O)C(=O)O)s1. The molecule has 0 atom stereocenters. The number of anilines is 1. The molecule has 1 heterocycles. The van der Waals surface area contributed by atoms with Gasteiger partial charge in [0.25, 0.3) is 0 Å². The number of rotatable bonds is 4. The smallest absolute Gasteiger partial charge is 0.344 e. The number of hydrogen-bond donors (Lipinski definition) is 3. The lowest BCUT2D eigenvalue weighted by Crippen LogP contribution is -2.12. The second kappa shape index (κ2) is 4.61. The molecule has 0 radical (unpaired) electrons. The third-order valence-corrected chi connectivity index (χ3v) is 2.49. The Morgan fingerprint density at radius 3 is 2.33 bits per heavy atom. The third-order valence-electron chi connectivity index (χ3n) is 1.56. The molecule has 0 aliphatic carbocycles. The normalized spacial score (nSPS) is 9.40. The highest BCUT2D eigenvalue weighted by Gasteiger charge is 2.15. The lowest BCUT2D eigenvalue weighted by molar-refractivity contribution is -0.140. The molecular formula is C9H9NO4S. The number of aliphatic carboxylic acids is 2. The van der Waals surface area contributed by atoms with Crippen LogP contribution in [0.3, 0.4) is 0 Å². The van der Waals surface area contributed by atoms with Crippen molar-refractivity contribution in [3.63, 3.8) is 0 Å². The summed E-state index contributed by atoms with van der Waals surface area (Å²) in [6.45, 7) is 1.90. The molecule has 0 bridgehead atoms. The molecule has 0 saturated heterocycles. The molecule has 0 fully saturated rings. The van der Waals surface area contributed by atoms with Crippen molar-refractivity contribution in [2.45, 2.75) is 6.92 Å². The van der Waals surface area contributed by atoms with E-state index in [1.807, 2.05) is 13.0 Å². The van der Waals surface area contributed by atoms with Gasteiger partial charge in [-0.2, -0.15) is 0 Å². The largest absolute Gasteiger partial charge is 0.477 e. The summed E-state index contributed by atoms with van der Waals surface area (Å²) >= 11 is 1.41. The van der Waals surface area contributed by atoms with Crippen molar-refractivity contribution in [1.82, 2.24) is 0 Å². The molecule has 0 unspecified atom stereocenters. The predicted octanol–water partition coefficient (Wildman–Crippen LogP) is 1.52. The summed E-state index contributed by atoms with van der Waals surface area (Å²) in [7, 11) is 0. The second-order valence-electron chi connectivity index (χ2n) is 2.72. The van der Waals surface area contributed by atoms with Crippen molar-refractivity contribution < 1.29 is 19.8 Å². The summed E-state index contributed by atoms with van der Waals surface area (Å²) < 4.78 is 0. The van der Waals surface area contributed by atoms with Gasteiger partial charge in [-0.3, -0.25) is 0 Å². The van der Waals surface area contributed by atoms with E-state index in [1.165, 1.54) is 11.3 Å². The van der Waals surface area contributed by atoms with Crippen LogP contribution in [-0.4, -0.2) is 22.2 Å². The van der Waals surface area contributed by atoms with Crippen LogP contribution in [0.2, 0.25) is 0 Å². The van der Waals surface area contributed by atoms with Crippen LogP contribution in [-0.2, 0) is 9.59 Å². The van der Waals surface area contributed by atoms with E-state index in [0.717, 1.165) is 11.1 Å². The van der Waals surface area contributed by atoms with Crippen molar-refractivity contribution in [2.24, 2.45) is 0 Å². The zero-order chi connectivity index (χ0) is 11.4. The van der Waals surface area contributed by atoms with E-state index >= 15 is 0 Å². The zero-order valence-corrected chi connectivity index (χ0v) is 8.67. The van der Waals surface area contributed by atoms with Gasteiger partial charge in [0.1, 0.15) is 0 Å². The number of hydrogen-bond acceptors (Lipinski definition) is 4. The molecule has 3 N–H and O–H groups in total. The van der Waals surface area contributed by atoms with Crippen molar-refractivity contribution in [3.8, 4) is 0 Å². The molecule has 0 spiro atoms. The van der Waals surface area contributed by atoms with Crippen LogP contribution < -0.4 is 5.32 Å². The first-order valence-corrected chi connectivity index (χ1v) is 4.82. The van der Waals surface area contributed by atoms with E-state index in [2.05, 4.69) is 5.32 Å². The minimum Gasteiger partial charge on any atom is -0.477 e. The van der Waals surface area contributed by atoms with Crippen LogP contribution in [0, 0.1) is 6.92 Å². The number of aryl methyl sites for hydroxylation is 1. The fourth-order valence-electron chi connectivity index (χ4n) is 0.870. The van der Waals surface area contributed by atoms with Crippen molar-refractivity contribution in [1.29, 1.82) is 0 Å². The summed E-state index contributed by atoms with van der Waals surface area (Å²) in [5, 5.41) is 20.4. The number of carboxylic acid groups (broad SMARTS) is 2. The molecule has 0 aliphatic rings. The molecule has 1 rings (SSSR count). The van der Waals surface area contributed by atoms with Gasteiger partial charge in [-0.05, 0) is 19.1 Å². The van der Waals surface area contributed by atoms with Gasteiger partial charge in [-0.25, -0.2) is 9.59 Å². The summed E-state index contributed by atoms with van der Waals surface area (Å²) in [5.74, 6) is -2.94. The van der Waals surface area contributed by atoms with Crippen LogP contribution in [0.15, 0.2) is 23.9 Å². The molecule has 5 nitrogen and oxygen atoms in total. The Hall–Kier alpha value is -1.82. The number of carbonyl (C=O) groups is 2. The fraction of sp³-hybridized carbons (Fsp3) is 0.111. The van der Waals surface area contributed by atoms with E-state index in [0.29, 0.717) is 5.00 Å². The summed E-state index contributed by atoms with van der Waals surface area (Å²) in [6.07, 6.45) is 0.968. The quantitative estimate of drug-likeness (QED) is 0.412. The van der Waals surface area contributed by atoms with Gasteiger partial charge in [0.15, 0.2) is 5.57 Å². The first-order valence-electron chi connectivity index (χ1n) is 4.00. The molecule has 0 saturated carbocycles. The topological polar surface area (TPSA) is 86.6 Å². The Kier molecular flexibility index (Phi) is 3.46. The Morgan fingerprint density at radius 2 is 1.93 bits per heavy atom. The lowest BCUT2D eigenvalue weighted by Gasteiger charge is -1.97. The van der Waals surface area contributed by atoms with Crippen LogP contribution in [0.5, 0.6) is 0 Å². The molecule has 6 heteroatoms. The number of carboxylic acids is 2. The van der Waals surface area contributed by atoms with E-state index in [4.69, 9.17) is 10.2 Å². The molecule has 1 aromatic heterocycles. The van der Waals surface area contributed by atoms with Gasteiger partial charge >= 0.3 is 11.9 Å². The average Bonchev–Trinajstić information content (AvgIpc) is 2.50. The maximum Gasteiger partial charge on any atom is 0.344 e. The van der Waals surface area contributed by atoms with Gasteiger partial charge in [-0.1, -0.05) is 0 Å². The number of nitrogens with one attached hydrogen (secondary N) is 1. The van der Waals surface area contributed by atoms with Gasteiger partial charge in [0, 0.05) is 11.1 Å². The maximum atomic E-state index is 10.5. The monoisotopic (exact) mass is 227 g/mol. The van der Waals surface area contributed by atoms with E-state index in [1.54, 1.807) is 6.07 Å². The summed E-state index contributed by atoms with van der Waals surface area (Å²) in [6, 6.07) is 3.60. The van der Waals surface area contributed by atoms with Crippen LogP contribution in [0.25, 0.3) is 0 Å². The Labute approximate surface area is 89.7 Å².